The molecule has 0 bridgehead atoms. The maximum absolute atomic E-state index is 11.9. The van der Waals surface area contributed by atoms with E-state index in [1.807, 2.05) is 6.26 Å². The lowest BCUT2D eigenvalue weighted by Crippen LogP contribution is -2.48. The Bertz CT molecular complexity index is 699. The third-order valence-corrected chi connectivity index (χ3v) is 6.25. The van der Waals surface area contributed by atoms with Crippen LogP contribution in [0.4, 0.5) is 0 Å². The molecule has 0 aromatic heterocycles. The molecule has 0 saturated carbocycles. The van der Waals surface area contributed by atoms with Crippen LogP contribution in [-0.4, -0.2) is 50.2 Å². The average molecular weight is 357 g/mol. The third kappa shape index (κ3) is 4.97. The van der Waals surface area contributed by atoms with Gasteiger partial charge in [-0.2, -0.15) is 0 Å². The summed E-state index contributed by atoms with van der Waals surface area (Å²) in [6.07, 6.45) is 2.30. The summed E-state index contributed by atoms with van der Waals surface area (Å²) in [4.78, 5) is 24.8. The standard InChI is InChI=1S/C15H19NO5S2/c1-15(7-8-23(19,20)10-15)16-13(17)9-21-14(18)11-3-5-12(22-2)6-4-11/h3-6H,7-10H2,1-2H3,(H,16,17)/t15-/m0/s1. The van der Waals surface area contributed by atoms with Gasteiger partial charge in [-0.25, -0.2) is 13.2 Å². The highest BCUT2D eigenvalue weighted by Crippen LogP contribution is 2.22. The Balaban J connectivity index is 1.85. The molecule has 1 atom stereocenters. The van der Waals surface area contributed by atoms with Crippen molar-refractivity contribution in [2.45, 2.75) is 23.8 Å². The van der Waals surface area contributed by atoms with E-state index < -0.39 is 33.9 Å². The molecule has 1 saturated heterocycles. The summed E-state index contributed by atoms with van der Waals surface area (Å²) in [5, 5.41) is 2.64. The number of carbonyl (C=O) groups is 2. The molecule has 1 aromatic carbocycles. The van der Waals surface area contributed by atoms with Crippen LogP contribution in [0.15, 0.2) is 29.2 Å². The van der Waals surface area contributed by atoms with Crippen LogP contribution < -0.4 is 5.32 Å². The smallest absolute Gasteiger partial charge is 0.338 e. The van der Waals surface area contributed by atoms with Gasteiger partial charge in [0, 0.05) is 4.90 Å². The van der Waals surface area contributed by atoms with Gasteiger partial charge in [-0.3, -0.25) is 4.79 Å². The van der Waals surface area contributed by atoms with Crippen molar-refractivity contribution in [3.8, 4) is 0 Å². The molecule has 23 heavy (non-hydrogen) atoms. The highest BCUT2D eigenvalue weighted by molar-refractivity contribution is 7.98. The second kappa shape index (κ2) is 6.92. The topological polar surface area (TPSA) is 89.5 Å². The van der Waals surface area contributed by atoms with Gasteiger partial charge < -0.3 is 10.1 Å². The number of sulfone groups is 1. The van der Waals surface area contributed by atoms with Gasteiger partial charge in [-0.05, 0) is 43.9 Å². The molecule has 2 rings (SSSR count). The zero-order valence-corrected chi connectivity index (χ0v) is 14.6. The molecule has 0 aliphatic carbocycles. The summed E-state index contributed by atoms with van der Waals surface area (Å²) in [6, 6.07) is 6.87. The molecular weight excluding hydrogens is 338 g/mol. The Hall–Kier alpha value is -1.54. The van der Waals surface area contributed by atoms with Crippen molar-refractivity contribution in [1.29, 1.82) is 0 Å². The minimum atomic E-state index is -3.10. The molecule has 0 radical (unpaired) electrons. The first-order valence-electron chi connectivity index (χ1n) is 7.06. The lowest BCUT2D eigenvalue weighted by atomic mass is 10.0. The average Bonchev–Trinajstić information content (AvgIpc) is 2.78. The van der Waals surface area contributed by atoms with Gasteiger partial charge in [0.2, 0.25) is 0 Å². The number of rotatable bonds is 5. The van der Waals surface area contributed by atoms with Gasteiger partial charge in [0.1, 0.15) is 0 Å². The summed E-state index contributed by atoms with van der Waals surface area (Å²) in [6.45, 7) is 1.25. The molecule has 1 N–H and O–H groups in total. The third-order valence-electron chi connectivity index (χ3n) is 3.60. The predicted octanol–water partition coefficient (Wildman–Crippen LogP) is 1.26. The molecule has 6 nitrogen and oxygen atoms in total. The van der Waals surface area contributed by atoms with Crippen LogP contribution in [0.25, 0.3) is 0 Å². The first kappa shape index (κ1) is 17.8. The van der Waals surface area contributed by atoms with Gasteiger partial charge in [0.25, 0.3) is 5.91 Å². The second-order valence-electron chi connectivity index (χ2n) is 5.76. The van der Waals surface area contributed by atoms with Crippen molar-refractivity contribution in [3.63, 3.8) is 0 Å². The van der Waals surface area contributed by atoms with Gasteiger partial charge >= 0.3 is 5.97 Å². The van der Waals surface area contributed by atoms with Gasteiger partial charge in [-0.1, -0.05) is 0 Å². The number of carbonyl (C=O) groups excluding carboxylic acids is 2. The number of amides is 1. The predicted molar refractivity (Wildman–Crippen MR) is 88.3 cm³/mol. The van der Waals surface area contributed by atoms with E-state index in [1.165, 1.54) is 0 Å². The summed E-state index contributed by atoms with van der Waals surface area (Å²) in [7, 11) is -3.10. The Morgan fingerprint density at radius 2 is 1.96 bits per heavy atom. The van der Waals surface area contributed by atoms with Crippen molar-refractivity contribution in [3.05, 3.63) is 29.8 Å². The second-order valence-corrected chi connectivity index (χ2v) is 8.82. The van der Waals surface area contributed by atoms with E-state index in [-0.39, 0.29) is 11.5 Å². The Morgan fingerprint density at radius 1 is 1.30 bits per heavy atom. The van der Waals surface area contributed by atoms with E-state index in [1.54, 1.807) is 43.0 Å². The Morgan fingerprint density at radius 3 is 2.48 bits per heavy atom. The van der Waals surface area contributed by atoms with Gasteiger partial charge in [-0.15, -0.1) is 11.8 Å². The Kier molecular flexibility index (Phi) is 5.36. The van der Waals surface area contributed by atoms with Crippen molar-refractivity contribution in [2.24, 2.45) is 0 Å². The summed E-state index contributed by atoms with van der Waals surface area (Å²) >= 11 is 1.56. The van der Waals surface area contributed by atoms with Crippen LogP contribution in [0, 0.1) is 0 Å². The minimum Gasteiger partial charge on any atom is -0.452 e. The largest absolute Gasteiger partial charge is 0.452 e. The van der Waals surface area contributed by atoms with Crippen molar-refractivity contribution < 1.29 is 22.7 Å². The van der Waals surface area contributed by atoms with Crippen LogP contribution >= 0.6 is 11.8 Å². The maximum atomic E-state index is 11.9. The number of esters is 1. The lowest BCUT2D eigenvalue weighted by molar-refractivity contribution is -0.125. The number of benzene rings is 1. The zero-order chi connectivity index (χ0) is 17.1. The summed E-state index contributed by atoms with van der Waals surface area (Å²) < 4.78 is 27.9. The summed E-state index contributed by atoms with van der Waals surface area (Å²) in [5.74, 6) is -1.11. The Labute approximate surface area is 139 Å². The van der Waals surface area contributed by atoms with Crippen molar-refractivity contribution >= 4 is 33.5 Å². The van der Waals surface area contributed by atoms with Crippen LogP contribution in [0.3, 0.4) is 0 Å². The number of ether oxygens (including phenoxy) is 1. The van der Waals surface area contributed by atoms with Crippen molar-refractivity contribution in [1.82, 2.24) is 5.32 Å². The molecule has 1 fully saturated rings. The van der Waals surface area contributed by atoms with Crippen LogP contribution in [-0.2, 0) is 19.4 Å². The fourth-order valence-corrected chi connectivity index (χ4v) is 4.92. The summed E-state index contributed by atoms with van der Waals surface area (Å²) in [5.41, 5.74) is -0.423. The molecule has 1 amide bonds. The van der Waals surface area contributed by atoms with E-state index in [4.69, 9.17) is 4.74 Å². The number of hydrogen-bond acceptors (Lipinski definition) is 6. The van der Waals surface area contributed by atoms with E-state index in [2.05, 4.69) is 5.32 Å². The zero-order valence-electron chi connectivity index (χ0n) is 13.0. The van der Waals surface area contributed by atoms with Gasteiger partial charge in [0.15, 0.2) is 16.4 Å². The molecule has 1 aliphatic rings. The SMILES string of the molecule is CSc1ccc(C(=O)OCC(=O)N[C@@]2(C)CCS(=O)(=O)C2)cc1. The van der Waals surface area contributed by atoms with Crippen LogP contribution in [0.5, 0.6) is 0 Å². The number of hydrogen-bond donors (Lipinski definition) is 1. The first-order valence-corrected chi connectivity index (χ1v) is 10.1. The van der Waals surface area contributed by atoms with E-state index >= 15 is 0 Å². The van der Waals surface area contributed by atoms with Crippen LogP contribution in [0.2, 0.25) is 0 Å². The molecule has 0 unspecified atom stereocenters. The van der Waals surface area contributed by atoms with Gasteiger partial charge in [0.05, 0.1) is 22.6 Å². The van der Waals surface area contributed by atoms with E-state index in [9.17, 15) is 18.0 Å². The minimum absolute atomic E-state index is 0.0609. The first-order chi connectivity index (χ1) is 10.7. The maximum Gasteiger partial charge on any atom is 0.338 e. The number of thioether (sulfide) groups is 1. The van der Waals surface area contributed by atoms with E-state index in [0.717, 1.165) is 4.90 Å². The monoisotopic (exact) mass is 357 g/mol. The van der Waals surface area contributed by atoms with Crippen molar-refractivity contribution in [2.75, 3.05) is 24.4 Å². The fraction of sp³-hybridized carbons (Fsp3) is 0.467. The molecule has 1 heterocycles. The normalized spacial score (nSPS) is 22.5. The highest BCUT2D eigenvalue weighted by atomic mass is 32.2. The number of nitrogens with one attached hydrogen (secondary N) is 1. The molecule has 126 valence electrons. The van der Waals surface area contributed by atoms with Crippen LogP contribution in [0.1, 0.15) is 23.7 Å². The van der Waals surface area contributed by atoms with E-state index in [0.29, 0.717) is 12.0 Å². The molecular formula is C15H19NO5S2. The molecule has 0 spiro atoms. The fourth-order valence-electron chi connectivity index (χ4n) is 2.42. The molecule has 1 aromatic rings. The quantitative estimate of drug-likeness (QED) is 0.630. The molecule has 8 heteroatoms. The lowest BCUT2D eigenvalue weighted by Gasteiger charge is -2.23. The molecule has 1 aliphatic heterocycles. The highest BCUT2D eigenvalue weighted by Gasteiger charge is 2.39.